The topological polar surface area (TPSA) is 64.8 Å². The molecular weight excluding hydrogens is 256 g/mol. The smallest absolute Gasteiger partial charge is 0.410 e. The molecule has 5 heteroatoms. The lowest BCUT2D eigenvalue weighted by atomic mass is 10.2. The van der Waals surface area contributed by atoms with Crippen LogP contribution in [0.1, 0.15) is 5.56 Å². The van der Waals surface area contributed by atoms with Gasteiger partial charge in [-0.25, -0.2) is 4.79 Å². The van der Waals surface area contributed by atoms with E-state index in [1.807, 2.05) is 30.3 Å². The molecule has 1 amide bonds. The van der Waals surface area contributed by atoms with Crippen LogP contribution in [0.4, 0.5) is 4.79 Å². The molecule has 108 valence electrons. The summed E-state index contributed by atoms with van der Waals surface area (Å²) >= 11 is 0. The van der Waals surface area contributed by atoms with Gasteiger partial charge >= 0.3 is 6.09 Å². The maximum atomic E-state index is 12.0. The van der Waals surface area contributed by atoms with Crippen molar-refractivity contribution < 1.29 is 14.3 Å². The molecule has 0 radical (unpaired) electrons. The Morgan fingerprint density at radius 2 is 2.15 bits per heavy atom. The minimum Gasteiger partial charge on any atom is -0.445 e. The molecule has 0 bridgehead atoms. The Balaban J connectivity index is 1.80. The summed E-state index contributed by atoms with van der Waals surface area (Å²) in [6.07, 6.45) is 1.16. The Kier molecular flexibility index (Phi) is 5.15. The summed E-state index contributed by atoms with van der Waals surface area (Å²) < 4.78 is 10.8. The van der Waals surface area contributed by atoms with Crippen LogP contribution in [0.25, 0.3) is 0 Å². The third-order valence-corrected chi connectivity index (χ3v) is 3.20. The molecular formula is C15H20N2O3. The highest BCUT2D eigenvalue weighted by atomic mass is 16.6. The Morgan fingerprint density at radius 1 is 1.40 bits per heavy atom. The van der Waals surface area contributed by atoms with Crippen LogP contribution in [-0.2, 0) is 16.1 Å². The Hall–Kier alpha value is -1.85. The molecule has 1 fully saturated rings. The van der Waals surface area contributed by atoms with Crippen LogP contribution in [0.3, 0.4) is 0 Å². The van der Waals surface area contributed by atoms with E-state index < -0.39 is 0 Å². The van der Waals surface area contributed by atoms with Crippen molar-refractivity contribution in [1.29, 1.82) is 0 Å². The number of nitrogens with two attached hydrogens (primary N) is 1. The molecule has 1 aliphatic heterocycles. The molecule has 5 nitrogen and oxygen atoms in total. The van der Waals surface area contributed by atoms with Gasteiger partial charge in [-0.15, -0.1) is 6.58 Å². The number of nitrogens with zero attached hydrogens (tertiary/aromatic N) is 1. The van der Waals surface area contributed by atoms with Gasteiger partial charge in [-0.3, -0.25) is 0 Å². The fourth-order valence-electron chi connectivity index (χ4n) is 2.13. The highest BCUT2D eigenvalue weighted by Gasteiger charge is 2.34. The van der Waals surface area contributed by atoms with E-state index in [4.69, 9.17) is 15.2 Å². The Labute approximate surface area is 119 Å². The summed E-state index contributed by atoms with van der Waals surface area (Å²) in [5.41, 5.74) is 6.91. The van der Waals surface area contributed by atoms with Crippen LogP contribution in [-0.4, -0.2) is 42.8 Å². The number of ether oxygens (including phenoxy) is 2. The minimum absolute atomic E-state index is 0.155. The van der Waals surface area contributed by atoms with E-state index in [9.17, 15) is 4.79 Å². The molecule has 0 aliphatic carbocycles. The lowest BCUT2D eigenvalue weighted by molar-refractivity contribution is 0.0646. The first-order chi connectivity index (χ1) is 9.70. The molecule has 1 aromatic carbocycles. The normalized spacial score (nSPS) is 21.8. The first-order valence-corrected chi connectivity index (χ1v) is 6.64. The Morgan fingerprint density at radius 3 is 2.85 bits per heavy atom. The second-order valence-electron chi connectivity index (χ2n) is 4.77. The summed E-state index contributed by atoms with van der Waals surface area (Å²) in [4.78, 5) is 13.5. The van der Waals surface area contributed by atoms with Gasteiger partial charge in [0.05, 0.1) is 25.3 Å². The summed E-state index contributed by atoms with van der Waals surface area (Å²) in [6.45, 7) is 5.21. The lowest BCUT2D eigenvalue weighted by Crippen LogP contribution is -2.35. The molecule has 1 aromatic rings. The highest BCUT2D eigenvalue weighted by molar-refractivity contribution is 5.68. The number of amides is 1. The zero-order valence-corrected chi connectivity index (χ0v) is 11.4. The number of rotatable bonds is 5. The van der Waals surface area contributed by atoms with Crippen LogP contribution in [0, 0.1) is 0 Å². The van der Waals surface area contributed by atoms with Crippen molar-refractivity contribution in [2.24, 2.45) is 5.73 Å². The van der Waals surface area contributed by atoms with Gasteiger partial charge in [0.25, 0.3) is 0 Å². The minimum atomic E-state index is -0.353. The van der Waals surface area contributed by atoms with E-state index in [0.717, 1.165) is 5.56 Å². The maximum absolute atomic E-state index is 12.0. The van der Waals surface area contributed by atoms with Gasteiger partial charge in [0, 0.05) is 6.54 Å². The van der Waals surface area contributed by atoms with Gasteiger partial charge in [-0.2, -0.15) is 0 Å². The zero-order valence-electron chi connectivity index (χ0n) is 11.4. The van der Waals surface area contributed by atoms with E-state index in [-0.39, 0.29) is 24.8 Å². The first-order valence-electron chi connectivity index (χ1n) is 6.64. The predicted octanol–water partition coefficient (Wildman–Crippen LogP) is 1.54. The third kappa shape index (κ3) is 3.82. The van der Waals surface area contributed by atoms with Crippen molar-refractivity contribution in [3.63, 3.8) is 0 Å². The first kappa shape index (κ1) is 14.6. The summed E-state index contributed by atoms with van der Waals surface area (Å²) in [7, 11) is 0. The number of hydrogen-bond donors (Lipinski definition) is 1. The summed E-state index contributed by atoms with van der Waals surface area (Å²) in [5, 5.41) is 0. The number of benzene rings is 1. The van der Waals surface area contributed by atoms with Crippen molar-refractivity contribution in [1.82, 2.24) is 4.90 Å². The van der Waals surface area contributed by atoms with Gasteiger partial charge in [-0.05, 0) is 5.56 Å². The molecule has 0 aromatic heterocycles. The average molecular weight is 276 g/mol. The highest BCUT2D eigenvalue weighted by Crippen LogP contribution is 2.14. The molecule has 0 unspecified atom stereocenters. The van der Waals surface area contributed by atoms with Crippen LogP contribution >= 0.6 is 0 Å². The quantitative estimate of drug-likeness (QED) is 0.828. The van der Waals surface area contributed by atoms with Gasteiger partial charge in [0.2, 0.25) is 0 Å². The molecule has 1 saturated heterocycles. The fourth-order valence-corrected chi connectivity index (χ4v) is 2.13. The predicted molar refractivity (Wildman–Crippen MR) is 76.1 cm³/mol. The molecule has 1 aliphatic rings. The largest absolute Gasteiger partial charge is 0.445 e. The third-order valence-electron chi connectivity index (χ3n) is 3.20. The van der Waals surface area contributed by atoms with Crippen molar-refractivity contribution >= 4 is 6.09 Å². The SMILES string of the molecule is C=CCO[C@H]1CN(C(=O)OCc2ccccc2)C[C@@H]1N. The molecule has 2 N–H and O–H groups in total. The van der Waals surface area contributed by atoms with Crippen LogP contribution in [0.5, 0.6) is 0 Å². The second-order valence-corrected chi connectivity index (χ2v) is 4.77. The second kappa shape index (κ2) is 7.07. The maximum Gasteiger partial charge on any atom is 0.410 e. The van der Waals surface area contributed by atoms with Crippen molar-refractivity contribution in [3.05, 3.63) is 48.6 Å². The van der Waals surface area contributed by atoms with Gasteiger partial charge < -0.3 is 20.1 Å². The van der Waals surface area contributed by atoms with Crippen LogP contribution in [0.15, 0.2) is 43.0 Å². The molecule has 0 saturated carbocycles. The molecule has 0 spiro atoms. The number of likely N-dealkylation sites (tertiary alicyclic amines) is 1. The summed E-state index contributed by atoms with van der Waals surface area (Å²) in [6, 6.07) is 9.39. The molecule has 20 heavy (non-hydrogen) atoms. The summed E-state index contributed by atoms with van der Waals surface area (Å²) in [5.74, 6) is 0. The van der Waals surface area contributed by atoms with Gasteiger partial charge in [-0.1, -0.05) is 36.4 Å². The van der Waals surface area contributed by atoms with Crippen molar-refractivity contribution in [2.75, 3.05) is 19.7 Å². The van der Waals surface area contributed by atoms with E-state index in [1.165, 1.54) is 0 Å². The van der Waals surface area contributed by atoms with Crippen LogP contribution < -0.4 is 5.73 Å². The van der Waals surface area contributed by atoms with Crippen LogP contribution in [0.2, 0.25) is 0 Å². The lowest BCUT2D eigenvalue weighted by Gasteiger charge is -2.16. The molecule has 2 atom stereocenters. The molecule has 1 heterocycles. The standard InChI is InChI=1S/C15H20N2O3/c1-2-8-19-14-10-17(9-13(14)16)15(18)20-11-12-6-4-3-5-7-12/h2-7,13-14H,1,8-11,16H2/t13-,14-/m0/s1. The average Bonchev–Trinajstić information content (AvgIpc) is 2.85. The monoisotopic (exact) mass is 276 g/mol. The van der Waals surface area contributed by atoms with Crippen molar-refractivity contribution in [2.45, 2.75) is 18.8 Å². The molecule has 2 rings (SSSR count). The van der Waals surface area contributed by atoms with Crippen molar-refractivity contribution in [3.8, 4) is 0 Å². The van der Waals surface area contributed by atoms with Gasteiger partial charge in [0.1, 0.15) is 6.61 Å². The van der Waals surface area contributed by atoms with E-state index in [1.54, 1.807) is 11.0 Å². The van der Waals surface area contributed by atoms with E-state index in [2.05, 4.69) is 6.58 Å². The Bertz CT molecular complexity index is 450. The van der Waals surface area contributed by atoms with Gasteiger partial charge in [0.15, 0.2) is 0 Å². The number of carbonyl (C=O) groups is 1. The number of hydrogen-bond acceptors (Lipinski definition) is 4. The fraction of sp³-hybridized carbons (Fsp3) is 0.400. The zero-order chi connectivity index (χ0) is 14.4. The number of carbonyl (C=O) groups excluding carboxylic acids is 1. The van der Waals surface area contributed by atoms with E-state index >= 15 is 0 Å². The van der Waals surface area contributed by atoms with E-state index in [0.29, 0.717) is 19.7 Å².